The maximum Gasteiger partial charge on any atom is 0.192 e. The molecule has 1 aromatic heterocycles. The molecule has 1 unspecified atom stereocenters. The third kappa shape index (κ3) is 4.87. The lowest BCUT2D eigenvalue weighted by Gasteiger charge is -2.16. The number of anilines is 1. The van der Waals surface area contributed by atoms with Gasteiger partial charge in [0.25, 0.3) is 0 Å². The van der Waals surface area contributed by atoms with Gasteiger partial charge in [0.1, 0.15) is 11.6 Å². The minimum atomic E-state index is 0.103. The van der Waals surface area contributed by atoms with E-state index in [0.717, 1.165) is 36.6 Å². The first-order valence-corrected chi connectivity index (χ1v) is 7.16. The number of aryl methyl sites for hydroxylation is 1. The third-order valence-corrected chi connectivity index (χ3v) is 3.40. The number of benzene rings is 1. The second-order valence-electron chi connectivity index (χ2n) is 4.63. The highest BCUT2D eigenvalue weighted by Crippen LogP contribution is 2.15. The summed E-state index contributed by atoms with van der Waals surface area (Å²) < 4.78 is 11.2. The zero-order valence-electron chi connectivity index (χ0n) is 12.2. The molecular formula is C14H20N4O2S. The van der Waals surface area contributed by atoms with E-state index in [1.807, 2.05) is 24.3 Å². The fourth-order valence-electron chi connectivity index (χ4n) is 1.97. The van der Waals surface area contributed by atoms with E-state index in [2.05, 4.69) is 20.5 Å². The number of aromatic nitrogens is 3. The van der Waals surface area contributed by atoms with E-state index in [0.29, 0.717) is 4.77 Å². The minimum Gasteiger partial charge on any atom is -0.497 e. The van der Waals surface area contributed by atoms with Gasteiger partial charge in [0.2, 0.25) is 0 Å². The number of rotatable bonds is 8. The molecule has 0 aliphatic carbocycles. The molecule has 0 aliphatic rings. The average Bonchev–Trinajstić information content (AvgIpc) is 2.93. The Balaban J connectivity index is 1.79. The van der Waals surface area contributed by atoms with Crippen LogP contribution in [0.5, 0.6) is 5.75 Å². The van der Waals surface area contributed by atoms with Crippen LogP contribution in [-0.4, -0.2) is 42.0 Å². The first-order chi connectivity index (χ1) is 10.2. The van der Waals surface area contributed by atoms with Crippen molar-refractivity contribution < 1.29 is 9.47 Å². The van der Waals surface area contributed by atoms with E-state index in [4.69, 9.17) is 21.7 Å². The van der Waals surface area contributed by atoms with Crippen molar-refractivity contribution in [2.24, 2.45) is 0 Å². The molecule has 114 valence electrons. The Morgan fingerprint density at radius 2 is 2.05 bits per heavy atom. The van der Waals surface area contributed by atoms with Gasteiger partial charge < -0.3 is 19.8 Å². The van der Waals surface area contributed by atoms with Crippen LogP contribution in [-0.2, 0) is 11.2 Å². The summed E-state index contributed by atoms with van der Waals surface area (Å²) in [6, 6.07) is 7.81. The summed E-state index contributed by atoms with van der Waals surface area (Å²) >= 11 is 4.95. The van der Waals surface area contributed by atoms with Crippen molar-refractivity contribution in [3.8, 4) is 5.75 Å². The molecular weight excluding hydrogens is 288 g/mol. The van der Waals surface area contributed by atoms with Crippen LogP contribution in [0.4, 0.5) is 5.69 Å². The molecule has 1 atom stereocenters. The highest BCUT2D eigenvalue weighted by Gasteiger charge is 2.09. The van der Waals surface area contributed by atoms with Crippen molar-refractivity contribution in [2.45, 2.75) is 18.9 Å². The fraction of sp³-hybridized carbons (Fsp3) is 0.429. The fourth-order valence-corrected chi connectivity index (χ4v) is 2.13. The van der Waals surface area contributed by atoms with Gasteiger partial charge in [-0.3, -0.25) is 5.10 Å². The maximum atomic E-state index is 5.48. The van der Waals surface area contributed by atoms with E-state index in [1.165, 1.54) is 0 Å². The highest BCUT2D eigenvalue weighted by molar-refractivity contribution is 7.71. The first-order valence-electron chi connectivity index (χ1n) is 6.75. The standard InChI is InChI=1S/C14H20N4O2S/c1-19-11-5-3-10(4-6-11)15-9-12(20-2)7-8-13-16-14(21)18-17-13/h3-6,12,15H,7-9H2,1-2H3,(H2,16,17,18,21). The van der Waals surface area contributed by atoms with Gasteiger partial charge in [-0.2, -0.15) is 5.10 Å². The molecule has 1 aromatic carbocycles. The lowest BCUT2D eigenvalue weighted by Crippen LogP contribution is -2.22. The van der Waals surface area contributed by atoms with E-state index < -0.39 is 0 Å². The summed E-state index contributed by atoms with van der Waals surface area (Å²) in [5.41, 5.74) is 1.04. The monoisotopic (exact) mass is 308 g/mol. The predicted molar refractivity (Wildman–Crippen MR) is 84.4 cm³/mol. The van der Waals surface area contributed by atoms with E-state index in [-0.39, 0.29) is 6.10 Å². The molecule has 0 spiro atoms. The number of aromatic amines is 2. The molecule has 2 aromatic rings. The molecule has 0 saturated heterocycles. The van der Waals surface area contributed by atoms with Gasteiger partial charge in [-0.15, -0.1) is 0 Å². The maximum absolute atomic E-state index is 5.48. The van der Waals surface area contributed by atoms with Crippen LogP contribution in [0.2, 0.25) is 0 Å². The number of hydrogen-bond donors (Lipinski definition) is 3. The largest absolute Gasteiger partial charge is 0.497 e. The molecule has 0 bridgehead atoms. The summed E-state index contributed by atoms with van der Waals surface area (Å²) in [5.74, 6) is 1.70. The summed E-state index contributed by atoms with van der Waals surface area (Å²) in [4.78, 5) is 3.00. The molecule has 21 heavy (non-hydrogen) atoms. The van der Waals surface area contributed by atoms with Crippen LogP contribution in [0.15, 0.2) is 24.3 Å². The SMILES string of the molecule is COc1ccc(NCC(CCc2n[nH]c(=S)[nH]2)OC)cc1. The second kappa shape index (κ2) is 7.80. The number of nitrogens with one attached hydrogen (secondary N) is 3. The van der Waals surface area contributed by atoms with Crippen molar-refractivity contribution >= 4 is 17.9 Å². The first kappa shape index (κ1) is 15.5. The quantitative estimate of drug-likeness (QED) is 0.653. The Bertz CT molecular complexity index is 594. The lowest BCUT2D eigenvalue weighted by atomic mass is 10.2. The van der Waals surface area contributed by atoms with Crippen LogP contribution < -0.4 is 10.1 Å². The zero-order valence-corrected chi connectivity index (χ0v) is 13.0. The summed E-state index contributed by atoms with van der Waals surface area (Å²) in [7, 11) is 3.37. The number of nitrogens with zero attached hydrogens (tertiary/aromatic N) is 1. The van der Waals surface area contributed by atoms with Crippen molar-refractivity contribution in [3.05, 3.63) is 34.9 Å². The van der Waals surface area contributed by atoms with Crippen LogP contribution in [0.1, 0.15) is 12.2 Å². The predicted octanol–water partition coefficient (Wildman–Crippen LogP) is 2.54. The number of ether oxygens (including phenoxy) is 2. The molecule has 0 aliphatic heterocycles. The van der Waals surface area contributed by atoms with Crippen LogP contribution in [0.25, 0.3) is 0 Å². The Morgan fingerprint density at radius 1 is 1.29 bits per heavy atom. The molecule has 0 saturated carbocycles. The zero-order chi connectivity index (χ0) is 15.1. The summed E-state index contributed by atoms with van der Waals surface area (Å²) in [6.45, 7) is 0.730. The van der Waals surface area contributed by atoms with E-state index >= 15 is 0 Å². The Morgan fingerprint density at radius 3 is 2.62 bits per heavy atom. The highest BCUT2D eigenvalue weighted by atomic mass is 32.1. The molecule has 7 heteroatoms. The third-order valence-electron chi connectivity index (χ3n) is 3.21. The number of methoxy groups -OCH3 is 2. The summed E-state index contributed by atoms with van der Waals surface area (Å²) in [6.07, 6.45) is 1.75. The molecule has 6 nitrogen and oxygen atoms in total. The van der Waals surface area contributed by atoms with E-state index in [9.17, 15) is 0 Å². The topological polar surface area (TPSA) is 75.0 Å². The van der Waals surface area contributed by atoms with Gasteiger partial charge >= 0.3 is 0 Å². The van der Waals surface area contributed by atoms with Gasteiger partial charge in [0.15, 0.2) is 4.77 Å². The Labute approximate surface area is 128 Å². The molecule has 3 N–H and O–H groups in total. The van der Waals surface area contributed by atoms with Crippen LogP contribution >= 0.6 is 12.2 Å². The minimum absolute atomic E-state index is 0.103. The van der Waals surface area contributed by atoms with Crippen molar-refractivity contribution in [1.29, 1.82) is 0 Å². The average molecular weight is 308 g/mol. The van der Waals surface area contributed by atoms with Gasteiger partial charge in [-0.25, -0.2) is 0 Å². The van der Waals surface area contributed by atoms with Gasteiger partial charge in [0, 0.05) is 25.8 Å². The Kier molecular flexibility index (Phi) is 5.77. The molecule has 0 radical (unpaired) electrons. The van der Waals surface area contributed by atoms with Crippen LogP contribution in [0, 0.1) is 4.77 Å². The number of H-pyrrole nitrogens is 2. The molecule has 0 fully saturated rings. The van der Waals surface area contributed by atoms with Gasteiger partial charge in [-0.05, 0) is 42.9 Å². The normalized spacial score (nSPS) is 12.1. The van der Waals surface area contributed by atoms with Crippen molar-refractivity contribution in [3.63, 3.8) is 0 Å². The second-order valence-corrected chi connectivity index (χ2v) is 5.04. The van der Waals surface area contributed by atoms with Crippen molar-refractivity contribution in [2.75, 3.05) is 26.1 Å². The summed E-state index contributed by atoms with van der Waals surface area (Å²) in [5, 5.41) is 10.2. The van der Waals surface area contributed by atoms with Gasteiger partial charge in [0.05, 0.1) is 13.2 Å². The molecule has 0 amide bonds. The van der Waals surface area contributed by atoms with Gasteiger partial charge in [-0.1, -0.05) is 0 Å². The van der Waals surface area contributed by atoms with Crippen molar-refractivity contribution in [1.82, 2.24) is 15.2 Å². The van der Waals surface area contributed by atoms with Crippen LogP contribution in [0.3, 0.4) is 0 Å². The molecule has 1 heterocycles. The molecule has 2 rings (SSSR count). The Hall–Kier alpha value is -1.86. The van der Waals surface area contributed by atoms with E-state index in [1.54, 1.807) is 14.2 Å². The smallest absolute Gasteiger partial charge is 0.192 e. The number of hydrogen-bond acceptors (Lipinski definition) is 5. The lowest BCUT2D eigenvalue weighted by molar-refractivity contribution is 0.105.